The van der Waals surface area contributed by atoms with Crippen LogP contribution in [0.4, 0.5) is 0 Å². The third-order valence-corrected chi connectivity index (χ3v) is 4.85. The second-order valence-electron chi connectivity index (χ2n) is 6.70. The van der Waals surface area contributed by atoms with Crippen LogP contribution in [0.5, 0.6) is 11.5 Å². The number of ether oxygens (including phenoxy) is 3. The molecule has 142 valence electrons. The topological polar surface area (TPSA) is 77.1 Å². The Morgan fingerprint density at radius 2 is 2.00 bits per heavy atom. The van der Waals surface area contributed by atoms with Gasteiger partial charge in [-0.25, -0.2) is 0 Å². The van der Waals surface area contributed by atoms with Crippen LogP contribution in [0.3, 0.4) is 0 Å². The largest absolute Gasteiger partial charge is 0.466 e. The van der Waals surface area contributed by atoms with Crippen molar-refractivity contribution in [2.24, 2.45) is 5.92 Å². The van der Waals surface area contributed by atoms with Gasteiger partial charge >= 0.3 is 5.97 Å². The van der Waals surface area contributed by atoms with E-state index in [0.29, 0.717) is 18.9 Å². The summed E-state index contributed by atoms with van der Waals surface area (Å²) in [4.78, 5) is 26.2. The molecule has 1 aromatic rings. The van der Waals surface area contributed by atoms with Gasteiger partial charge in [0.1, 0.15) is 0 Å². The van der Waals surface area contributed by atoms with Gasteiger partial charge in [0.2, 0.25) is 12.7 Å². The average molecular weight is 362 g/mol. The van der Waals surface area contributed by atoms with Gasteiger partial charge in [0.05, 0.1) is 25.1 Å². The first kappa shape index (κ1) is 18.5. The Balaban J connectivity index is 1.45. The first-order chi connectivity index (χ1) is 12.6. The van der Waals surface area contributed by atoms with Gasteiger partial charge in [-0.2, -0.15) is 0 Å². The highest BCUT2D eigenvalue weighted by atomic mass is 16.7. The minimum atomic E-state index is -0.118. The standard InChI is InChI=1S/C19H26N2O5/c1-3-24-19(23)14-6-8-21(9-7-14)11-18(22)20-13(2)15-4-5-16-17(10-15)26-12-25-16/h4-5,10,13-14H,3,6-9,11-12H2,1-2H3,(H,20,22)/t13-/m0/s1. The van der Waals surface area contributed by atoms with Crippen molar-refractivity contribution in [2.75, 3.05) is 33.0 Å². The Bertz CT molecular complexity index is 655. The van der Waals surface area contributed by atoms with Gasteiger partial charge in [0.25, 0.3) is 0 Å². The van der Waals surface area contributed by atoms with Crippen LogP contribution in [-0.2, 0) is 14.3 Å². The molecule has 2 aliphatic heterocycles. The van der Waals surface area contributed by atoms with E-state index in [1.165, 1.54) is 0 Å². The van der Waals surface area contributed by atoms with Crippen LogP contribution in [0.2, 0.25) is 0 Å². The molecule has 0 saturated carbocycles. The van der Waals surface area contributed by atoms with Crippen molar-refractivity contribution in [1.29, 1.82) is 0 Å². The molecular weight excluding hydrogens is 336 g/mol. The van der Waals surface area contributed by atoms with Gasteiger partial charge < -0.3 is 19.5 Å². The summed E-state index contributed by atoms with van der Waals surface area (Å²) in [6.45, 7) is 6.22. The van der Waals surface area contributed by atoms with Gasteiger partial charge in [0.15, 0.2) is 11.5 Å². The van der Waals surface area contributed by atoms with Crippen molar-refractivity contribution in [3.05, 3.63) is 23.8 Å². The monoisotopic (exact) mass is 362 g/mol. The van der Waals surface area contributed by atoms with Crippen molar-refractivity contribution < 1.29 is 23.8 Å². The van der Waals surface area contributed by atoms with Crippen LogP contribution in [0, 0.1) is 5.92 Å². The third kappa shape index (κ3) is 4.46. The van der Waals surface area contributed by atoms with E-state index < -0.39 is 0 Å². The quantitative estimate of drug-likeness (QED) is 0.779. The fourth-order valence-electron chi connectivity index (χ4n) is 3.34. The second-order valence-corrected chi connectivity index (χ2v) is 6.70. The SMILES string of the molecule is CCOC(=O)C1CCN(CC(=O)N[C@@H](C)c2ccc3c(c2)OCO3)CC1. The lowest BCUT2D eigenvalue weighted by atomic mass is 9.97. The highest BCUT2D eigenvalue weighted by molar-refractivity contribution is 5.78. The Hall–Kier alpha value is -2.28. The number of hydrogen-bond donors (Lipinski definition) is 1. The Kier molecular flexibility index (Phi) is 5.98. The van der Waals surface area contributed by atoms with Crippen molar-refractivity contribution in [2.45, 2.75) is 32.7 Å². The summed E-state index contributed by atoms with van der Waals surface area (Å²) < 4.78 is 15.8. The molecule has 1 amide bonds. The molecule has 26 heavy (non-hydrogen) atoms. The normalized spacial score (nSPS) is 18.4. The molecule has 0 bridgehead atoms. The third-order valence-electron chi connectivity index (χ3n) is 4.85. The number of carbonyl (C=O) groups is 2. The predicted octanol–water partition coefficient (Wildman–Crippen LogP) is 1.87. The Morgan fingerprint density at radius 3 is 2.73 bits per heavy atom. The lowest BCUT2D eigenvalue weighted by Gasteiger charge is -2.30. The number of rotatable bonds is 6. The molecule has 1 saturated heterocycles. The molecule has 7 heteroatoms. The molecule has 0 spiro atoms. The fourth-order valence-corrected chi connectivity index (χ4v) is 3.34. The highest BCUT2D eigenvalue weighted by Crippen LogP contribution is 2.34. The average Bonchev–Trinajstić information content (AvgIpc) is 3.10. The van der Waals surface area contributed by atoms with Crippen molar-refractivity contribution in [3.8, 4) is 11.5 Å². The minimum Gasteiger partial charge on any atom is -0.466 e. The number of carbonyl (C=O) groups excluding carboxylic acids is 2. The van der Waals surface area contributed by atoms with Gasteiger partial charge in [-0.3, -0.25) is 14.5 Å². The van der Waals surface area contributed by atoms with E-state index in [2.05, 4.69) is 10.2 Å². The summed E-state index contributed by atoms with van der Waals surface area (Å²) >= 11 is 0. The van der Waals surface area contributed by atoms with Crippen LogP contribution in [0.25, 0.3) is 0 Å². The molecule has 1 atom stereocenters. The summed E-state index contributed by atoms with van der Waals surface area (Å²) in [6.07, 6.45) is 1.48. The van der Waals surface area contributed by atoms with E-state index in [0.717, 1.165) is 37.2 Å². The molecule has 2 aliphatic rings. The number of piperidine rings is 1. The maximum Gasteiger partial charge on any atom is 0.309 e. The van der Waals surface area contributed by atoms with Crippen LogP contribution >= 0.6 is 0 Å². The van der Waals surface area contributed by atoms with Crippen LogP contribution in [-0.4, -0.2) is 49.8 Å². The summed E-state index contributed by atoms with van der Waals surface area (Å²) in [6, 6.07) is 5.58. The van der Waals surface area contributed by atoms with Crippen LogP contribution in [0.1, 0.15) is 38.3 Å². The van der Waals surface area contributed by atoms with E-state index in [4.69, 9.17) is 14.2 Å². The molecule has 0 aliphatic carbocycles. The maximum absolute atomic E-state index is 12.3. The number of nitrogens with one attached hydrogen (secondary N) is 1. The number of likely N-dealkylation sites (tertiary alicyclic amines) is 1. The molecule has 7 nitrogen and oxygen atoms in total. The first-order valence-corrected chi connectivity index (χ1v) is 9.14. The minimum absolute atomic E-state index is 0.0234. The zero-order valence-electron chi connectivity index (χ0n) is 15.3. The zero-order chi connectivity index (χ0) is 18.5. The van der Waals surface area contributed by atoms with Crippen LogP contribution < -0.4 is 14.8 Å². The molecule has 1 N–H and O–H groups in total. The number of fused-ring (bicyclic) bond motifs is 1. The molecule has 2 heterocycles. The zero-order valence-corrected chi connectivity index (χ0v) is 15.3. The molecule has 1 fully saturated rings. The van der Waals surface area contributed by atoms with Crippen LogP contribution in [0.15, 0.2) is 18.2 Å². The number of hydrogen-bond acceptors (Lipinski definition) is 6. The summed E-state index contributed by atoms with van der Waals surface area (Å²) in [7, 11) is 0. The van der Waals surface area contributed by atoms with E-state index in [-0.39, 0.29) is 30.6 Å². The number of esters is 1. The molecular formula is C19H26N2O5. The fraction of sp³-hybridized carbons (Fsp3) is 0.579. The molecule has 0 aromatic heterocycles. The molecule has 0 radical (unpaired) electrons. The smallest absolute Gasteiger partial charge is 0.309 e. The lowest BCUT2D eigenvalue weighted by molar-refractivity contribution is -0.149. The van der Waals surface area contributed by atoms with Crippen molar-refractivity contribution >= 4 is 11.9 Å². The van der Waals surface area contributed by atoms with Crippen molar-refractivity contribution in [1.82, 2.24) is 10.2 Å². The number of nitrogens with zero attached hydrogens (tertiary/aromatic N) is 1. The van der Waals surface area contributed by atoms with Gasteiger partial charge in [0, 0.05) is 0 Å². The highest BCUT2D eigenvalue weighted by Gasteiger charge is 2.27. The lowest BCUT2D eigenvalue weighted by Crippen LogP contribution is -2.43. The second kappa shape index (κ2) is 8.40. The van der Waals surface area contributed by atoms with Crippen molar-refractivity contribution in [3.63, 3.8) is 0 Å². The van der Waals surface area contributed by atoms with E-state index >= 15 is 0 Å². The van der Waals surface area contributed by atoms with Gasteiger partial charge in [-0.05, 0) is 57.5 Å². The Labute approximate surface area is 153 Å². The molecule has 1 aromatic carbocycles. The Morgan fingerprint density at radius 1 is 1.27 bits per heavy atom. The first-order valence-electron chi connectivity index (χ1n) is 9.14. The summed E-state index contributed by atoms with van der Waals surface area (Å²) in [5, 5.41) is 3.02. The summed E-state index contributed by atoms with van der Waals surface area (Å²) in [5.41, 5.74) is 0.976. The predicted molar refractivity (Wildman–Crippen MR) is 94.9 cm³/mol. The number of amides is 1. The van der Waals surface area contributed by atoms with E-state index in [9.17, 15) is 9.59 Å². The van der Waals surface area contributed by atoms with Gasteiger partial charge in [-0.1, -0.05) is 6.07 Å². The van der Waals surface area contributed by atoms with E-state index in [1.54, 1.807) is 0 Å². The summed E-state index contributed by atoms with van der Waals surface area (Å²) in [5.74, 6) is 1.26. The number of benzene rings is 1. The molecule has 0 unspecified atom stereocenters. The maximum atomic E-state index is 12.3. The van der Waals surface area contributed by atoms with Gasteiger partial charge in [-0.15, -0.1) is 0 Å². The molecule has 3 rings (SSSR count). The van der Waals surface area contributed by atoms with E-state index in [1.807, 2.05) is 32.0 Å².